The van der Waals surface area contributed by atoms with E-state index < -0.39 is 23.4 Å². The average molecular weight is 589 g/mol. The van der Waals surface area contributed by atoms with Crippen LogP contribution < -0.4 is 9.80 Å². The zero-order valence-electron chi connectivity index (χ0n) is 24.8. The Kier molecular flexibility index (Phi) is 8.69. The largest absolute Gasteiger partial charge is 0.443 e. The predicted octanol–water partition coefficient (Wildman–Crippen LogP) is 5.11. The number of hydrogen-bond donors (Lipinski definition) is 0. The molecule has 1 fully saturated rings. The van der Waals surface area contributed by atoms with Crippen LogP contribution in [-0.4, -0.2) is 79.2 Å². The van der Waals surface area contributed by atoms with E-state index in [1.165, 1.54) is 12.4 Å². The number of fused-ring (bicyclic) bond motifs is 1. The van der Waals surface area contributed by atoms with Gasteiger partial charge in [-0.25, -0.2) is 34.5 Å². The standard InChI is InChI=1S/C27H37ClN8O5/c1-16(2)15-35-21-18(31-22(35)28)20(34-9-11-39-12-10-34)32-19(33-21)17-13-29-23(30-14-17)36(24(37)40-26(3,4)5)25(38)41-27(6,7)8/h13-14,16H,9-12,15H2,1-8H3. The number of imidazole rings is 1. The SMILES string of the molecule is CC(C)Cn1c(Cl)nc2c(N3CCOCC3)nc(-c3cnc(N(C(=O)OC(C)(C)C)C(=O)OC(C)(C)C)nc3)nc21. The van der Waals surface area contributed by atoms with Crippen LogP contribution in [0.4, 0.5) is 21.4 Å². The highest BCUT2D eigenvalue weighted by molar-refractivity contribution is 6.29. The molecule has 0 unspecified atom stereocenters. The number of halogens is 1. The van der Waals surface area contributed by atoms with Crippen LogP contribution >= 0.6 is 11.6 Å². The lowest BCUT2D eigenvalue weighted by atomic mass is 10.2. The molecule has 14 heteroatoms. The number of aromatic nitrogens is 6. The van der Waals surface area contributed by atoms with Crippen molar-refractivity contribution < 1.29 is 23.8 Å². The first-order chi connectivity index (χ1) is 19.1. The summed E-state index contributed by atoms with van der Waals surface area (Å²) in [6, 6.07) is 0. The number of anilines is 2. The Morgan fingerprint density at radius 2 is 1.54 bits per heavy atom. The van der Waals surface area contributed by atoms with Gasteiger partial charge in [0.1, 0.15) is 11.2 Å². The quantitative estimate of drug-likeness (QED) is 0.368. The summed E-state index contributed by atoms with van der Waals surface area (Å²) in [4.78, 5) is 51.6. The monoisotopic (exact) mass is 588 g/mol. The second-order valence-electron chi connectivity index (χ2n) is 12.1. The van der Waals surface area contributed by atoms with Crippen molar-refractivity contribution in [3.63, 3.8) is 0 Å². The van der Waals surface area contributed by atoms with E-state index in [0.717, 1.165) is 0 Å². The number of amides is 2. The van der Waals surface area contributed by atoms with Crippen LogP contribution in [-0.2, 0) is 20.8 Å². The highest BCUT2D eigenvalue weighted by atomic mass is 35.5. The molecule has 0 aliphatic carbocycles. The minimum absolute atomic E-state index is 0.209. The van der Waals surface area contributed by atoms with Gasteiger partial charge in [0.2, 0.25) is 11.2 Å². The first-order valence-electron chi connectivity index (χ1n) is 13.5. The summed E-state index contributed by atoms with van der Waals surface area (Å²) in [6.07, 6.45) is 0.969. The minimum atomic E-state index is -0.959. The zero-order chi connectivity index (χ0) is 30.1. The van der Waals surface area contributed by atoms with Gasteiger partial charge in [-0.2, -0.15) is 0 Å². The third-order valence-electron chi connectivity index (χ3n) is 5.64. The summed E-state index contributed by atoms with van der Waals surface area (Å²) < 4.78 is 18.2. The third-order valence-corrected chi connectivity index (χ3v) is 5.93. The second-order valence-corrected chi connectivity index (χ2v) is 12.4. The van der Waals surface area contributed by atoms with Crippen molar-refractivity contribution in [1.29, 1.82) is 0 Å². The first-order valence-corrected chi connectivity index (χ1v) is 13.9. The molecule has 0 saturated carbocycles. The molecule has 1 aliphatic heterocycles. The maximum Gasteiger partial charge on any atom is 0.427 e. The van der Waals surface area contributed by atoms with Gasteiger partial charge in [0.15, 0.2) is 22.8 Å². The maximum absolute atomic E-state index is 13.0. The molecule has 3 aromatic heterocycles. The van der Waals surface area contributed by atoms with Crippen LogP contribution in [0.5, 0.6) is 0 Å². The van der Waals surface area contributed by atoms with E-state index in [-0.39, 0.29) is 5.95 Å². The molecule has 0 N–H and O–H groups in total. The van der Waals surface area contributed by atoms with Crippen LogP contribution in [0, 0.1) is 5.92 Å². The second kappa shape index (κ2) is 11.7. The number of carbonyl (C=O) groups excluding carboxylic acids is 2. The van der Waals surface area contributed by atoms with E-state index in [4.69, 9.17) is 35.8 Å². The molecule has 4 rings (SSSR count). The van der Waals surface area contributed by atoms with Crippen molar-refractivity contribution in [2.45, 2.75) is 73.1 Å². The van der Waals surface area contributed by atoms with Crippen molar-refractivity contribution in [3.8, 4) is 11.4 Å². The molecule has 222 valence electrons. The Bertz CT molecular complexity index is 1380. The fraction of sp³-hybridized carbons (Fsp3) is 0.593. The van der Waals surface area contributed by atoms with Gasteiger partial charge in [-0.3, -0.25) is 4.57 Å². The molecular formula is C27H37ClN8O5. The third kappa shape index (κ3) is 7.39. The van der Waals surface area contributed by atoms with Gasteiger partial charge in [0.25, 0.3) is 0 Å². The van der Waals surface area contributed by atoms with Gasteiger partial charge < -0.3 is 19.1 Å². The van der Waals surface area contributed by atoms with Crippen LogP contribution in [0.1, 0.15) is 55.4 Å². The average Bonchev–Trinajstić information content (AvgIpc) is 3.16. The molecule has 0 spiro atoms. The molecular weight excluding hydrogens is 552 g/mol. The Hall–Kier alpha value is -3.58. The van der Waals surface area contributed by atoms with Gasteiger partial charge in [0, 0.05) is 32.0 Å². The molecule has 41 heavy (non-hydrogen) atoms. The van der Waals surface area contributed by atoms with Crippen LogP contribution in [0.25, 0.3) is 22.6 Å². The van der Waals surface area contributed by atoms with Crippen LogP contribution in [0.15, 0.2) is 12.4 Å². The van der Waals surface area contributed by atoms with E-state index in [2.05, 4.69) is 33.7 Å². The first kappa shape index (κ1) is 30.4. The van der Waals surface area contributed by atoms with E-state index in [1.54, 1.807) is 41.5 Å². The molecule has 3 aromatic rings. The molecule has 13 nitrogen and oxygen atoms in total. The molecule has 1 saturated heterocycles. The topological polar surface area (TPSA) is 138 Å². The molecule has 0 bridgehead atoms. The number of hydrogen-bond acceptors (Lipinski definition) is 11. The Balaban J connectivity index is 1.77. The molecule has 0 radical (unpaired) electrons. The number of nitrogens with zero attached hydrogens (tertiary/aromatic N) is 8. The summed E-state index contributed by atoms with van der Waals surface area (Å²) in [5.41, 5.74) is -0.0806. The number of imide groups is 1. The molecule has 4 heterocycles. The van der Waals surface area contributed by atoms with Crippen molar-refractivity contribution >= 4 is 46.7 Å². The van der Waals surface area contributed by atoms with Gasteiger partial charge in [0.05, 0.1) is 18.8 Å². The normalized spacial score (nSPS) is 14.4. The van der Waals surface area contributed by atoms with Gasteiger partial charge >= 0.3 is 12.2 Å². The zero-order valence-corrected chi connectivity index (χ0v) is 25.5. The number of carbonyl (C=O) groups is 2. The lowest BCUT2D eigenvalue weighted by Gasteiger charge is -2.28. The lowest BCUT2D eigenvalue weighted by Crippen LogP contribution is -2.44. The van der Waals surface area contributed by atoms with E-state index in [1.807, 2.05) is 4.57 Å². The molecule has 1 aliphatic rings. The Morgan fingerprint density at radius 3 is 2.05 bits per heavy atom. The van der Waals surface area contributed by atoms with Crippen molar-refractivity contribution in [2.75, 3.05) is 36.1 Å². The number of morpholine rings is 1. The highest BCUT2D eigenvalue weighted by Gasteiger charge is 2.34. The minimum Gasteiger partial charge on any atom is -0.443 e. The number of rotatable bonds is 5. The predicted molar refractivity (Wildman–Crippen MR) is 154 cm³/mol. The summed E-state index contributed by atoms with van der Waals surface area (Å²) >= 11 is 6.55. The summed E-state index contributed by atoms with van der Waals surface area (Å²) in [7, 11) is 0. The summed E-state index contributed by atoms with van der Waals surface area (Å²) in [6.45, 7) is 17.3. The van der Waals surface area contributed by atoms with Gasteiger partial charge in [-0.15, -0.1) is 4.90 Å². The number of ether oxygens (including phenoxy) is 3. The van der Waals surface area contributed by atoms with Gasteiger partial charge in [-0.1, -0.05) is 13.8 Å². The van der Waals surface area contributed by atoms with Crippen molar-refractivity contribution in [1.82, 2.24) is 29.5 Å². The Labute approximate surface area is 244 Å². The molecule has 0 atom stereocenters. The maximum atomic E-state index is 13.0. The molecule has 0 aromatic carbocycles. The van der Waals surface area contributed by atoms with Gasteiger partial charge in [-0.05, 0) is 59.1 Å². The highest BCUT2D eigenvalue weighted by Crippen LogP contribution is 2.31. The van der Waals surface area contributed by atoms with E-state index in [0.29, 0.717) is 77.3 Å². The fourth-order valence-corrected chi connectivity index (χ4v) is 4.25. The van der Waals surface area contributed by atoms with Crippen LogP contribution in [0.2, 0.25) is 5.28 Å². The van der Waals surface area contributed by atoms with E-state index >= 15 is 0 Å². The van der Waals surface area contributed by atoms with Crippen molar-refractivity contribution in [3.05, 3.63) is 17.7 Å². The lowest BCUT2D eigenvalue weighted by molar-refractivity contribution is 0.0427. The van der Waals surface area contributed by atoms with E-state index in [9.17, 15) is 9.59 Å². The fourth-order valence-electron chi connectivity index (χ4n) is 4.02. The Morgan fingerprint density at radius 1 is 0.976 bits per heavy atom. The van der Waals surface area contributed by atoms with Crippen molar-refractivity contribution in [2.24, 2.45) is 5.92 Å². The summed E-state index contributed by atoms with van der Waals surface area (Å²) in [5.74, 6) is 1.06. The molecule has 2 amide bonds. The van der Waals surface area contributed by atoms with Crippen LogP contribution in [0.3, 0.4) is 0 Å². The summed E-state index contributed by atoms with van der Waals surface area (Å²) in [5, 5.41) is 0.326. The smallest absolute Gasteiger partial charge is 0.427 e.